The van der Waals surface area contributed by atoms with Gasteiger partial charge in [0, 0.05) is 4.88 Å². The minimum atomic E-state index is -4.75. The van der Waals surface area contributed by atoms with Crippen LogP contribution in [0.4, 0.5) is 18.2 Å². The number of nitrogens with zero attached hydrogens (tertiary/aromatic N) is 2. The van der Waals surface area contributed by atoms with E-state index in [1.165, 1.54) is 11.3 Å². The van der Waals surface area contributed by atoms with Gasteiger partial charge in [-0.05, 0) is 18.2 Å². The van der Waals surface area contributed by atoms with Crippen LogP contribution in [0, 0.1) is 0 Å². The highest BCUT2D eigenvalue weighted by atomic mass is 32.1. The van der Waals surface area contributed by atoms with Gasteiger partial charge in [-0.3, -0.25) is 4.79 Å². The van der Waals surface area contributed by atoms with E-state index in [4.69, 9.17) is 0 Å². The number of Topliss-reactive ketones (excluding diaryl/α,β-unsaturated/α-hetero) is 1. The van der Waals surface area contributed by atoms with Crippen molar-refractivity contribution in [3.63, 3.8) is 0 Å². The second-order valence-electron chi connectivity index (χ2n) is 4.45. The molecule has 2 aliphatic rings. The van der Waals surface area contributed by atoms with Gasteiger partial charge in [0.2, 0.25) is 0 Å². The molecule has 21 heavy (non-hydrogen) atoms. The number of hydrogen-bond donors (Lipinski definition) is 0. The van der Waals surface area contributed by atoms with Gasteiger partial charge in [-0.15, -0.1) is 11.3 Å². The fourth-order valence-electron chi connectivity index (χ4n) is 1.88. The van der Waals surface area contributed by atoms with E-state index in [0.29, 0.717) is 18.0 Å². The predicted molar refractivity (Wildman–Crippen MR) is 69.1 cm³/mol. The van der Waals surface area contributed by atoms with Crippen molar-refractivity contribution in [2.75, 3.05) is 18.0 Å². The van der Waals surface area contributed by atoms with Gasteiger partial charge in [0.1, 0.15) is 0 Å². The number of carbonyl (C=O) groups excluding carboxylic acids is 2. The van der Waals surface area contributed by atoms with E-state index >= 15 is 0 Å². The molecule has 9 heteroatoms. The van der Waals surface area contributed by atoms with Crippen molar-refractivity contribution in [3.8, 4) is 0 Å². The van der Waals surface area contributed by atoms with Crippen LogP contribution in [-0.4, -0.2) is 36.7 Å². The third kappa shape index (κ3) is 2.56. The SMILES string of the molecule is O=C1CN(c2ccc(C=C3C(=O)ON=C3C(F)(F)F)s2)C1. The number of halogens is 3. The van der Waals surface area contributed by atoms with E-state index in [2.05, 4.69) is 9.99 Å². The summed E-state index contributed by atoms with van der Waals surface area (Å²) < 4.78 is 38.0. The zero-order valence-electron chi connectivity index (χ0n) is 10.3. The average Bonchev–Trinajstić information content (AvgIpc) is 2.93. The largest absolute Gasteiger partial charge is 0.437 e. The van der Waals surface area contributed by atoms with Crippen molar-refractivity contribution < 1.29 is 27.6 Å². The zero-order chi connectivity index (χ0) is 15.2. The quantitative estimate of drug-likeness (QED) is 0.618. The maximum atomic E-state index is 12.7. The van der Waals surface area contributed by atoms with Gasteiger partial charge in [0.15, 0.2) is 11.5 Å². The molecule has 0 bridgehead atoms. The van der Waals surface area contributed by atoms with Gasteiger partial charge in [-0.1, -0.05) is 5.16 Å². The summed E-state index contributed by atoms with van der Waals surface area (Å²) in [6.07, 6.45) is -3.65. The molecule has 1 aromatic heterocycles. The average molecular weight is 316 g/mol. The third-order valence-electron chi connectivity index (χ3n) is 2.91. The van der Waals surface area contributed by atoms with E-state index in [0.717, 1.165) is 11.1 Å². The summed E-state index contributed by atoms with van der Waals surface area (Å²) in [5, 5.41) is 3.53. The lowest BCUT2D eigenvalue weighted by Gasteiger charge is -2.29. The molecule has 0 radical (unpaired) electrons. The normalized spacial score (nSPS) is 20.6. The Morgan fingerprint density at radius 3 is 2.62 bits per heavy atom. The molecule has 0 N–H and O–H groups in total. The molecule has 0 atom stereocenters. The van der Waals surface area contributed by atoms with Gasteiger partial charge in [-0.25, -0.2) is 4.79 Å². The van der Waals surface area contributed by atoms with E-state index < -0.39 is 23.4 Å². The number of ketones is 1. The van der Waals surface area contributed by atoms with Crippen LogP contribution in [0.5, 0.6) is 0 Å². The Bertz CT molecular complexity index is 682. The smallest absolute Gasteiger partial charge is 0.349 e. The molecule has 5 nitrogen and oxygen atoms in total. The molecular weight excluding hydrogens is 309 g/mol. The van der Waals surface area contributed by atoms with Crippen molar-refractivity contribution in [3.05, 3.63) is 22.6 Å². The summed E-state index contributed by atoms with van der Waals surface area (Å²) in [5.41, 5.74) is -1.95. The standard InChI is InChI=1S/C12H7F3N2O3S/c13-12(14,15)10-8(11(19)20-16-10)3-7-1-2-9(21-7)17-4-6(18)5-17/h1-3H,4-5H2. The van der Waals surface area contributed by atoms with E-state index in [-0.39, 0.29) is 5.78 Å². The summed E-state index contributed by atoms with van der Waals surface area (Å²) in [7, 11) is 0. The molecule has 0 spiro atoms. The highest BCUT2D eigenvalue weighted by Gasteiger charge is 2.45. The third-order valence-corrected chi connectivity index (χ3v) is 4.00. The highest BCUT2D eigenvalue weighted by Crippen LogP contribution is 2.33. The topological polar surface area (TPSA) is 59.0 Å². The number of oxime groups is 1. The van der Waals surface area contributed by atoms with Gasteiger partial charge in [-0.2, -0.15) is 13.2 Å². The summed E-state index contributed by atoms with van der Waals surface area (Å²) in [4.78, 5) is 28.6. The highest BCUT2D eigenvalue weighted by molar-refractivity contribution is 7.17. The second-order valence-corrected chi connectivity index (χ2v) is 5.54. The Kier molecular flexibility index (Phi) is 3.08. The molecule has 3 rings (SSSR count). The van der Waals surface area contributed by atoms with Crippen molar-refractivity contribution in [1.82, 2.24) is 0 Å². The van der Waals surface area contributed by atoms with Gasteiger partial charge in [0.25, 0.3) is 0 Å². The Hall–Kier alpha value is -2.16. The minimum absolute atomic E-state index is 0.106. The number of hydrogen-bond acceptors (Lipinski definition) is 6. The molecule has 110 valence electrons. The Balaban J connectivity index is 1.85. The lowest BCUT2D eigenvalue weighted by Crippen LogP contribution is -2.46. The lowest BCUT2D eigenvalue weighted by atomic mass is 10.1. The van der Waals surface area contributed by atoms with E-state index in [1.54, 1.807) is 17.0 Å². The first kappa shape index (κ1) is 13.8. The van der Waals surface area contributed by atoms with Crippen molar-refractivity contribution in [1.29, 1.82) is 0 Å². The molecular formula is C12H7F3N2O3S. The summed E-state index contributed by atoms with van der Waals surface area (Å²) >= 11 is 1.19. The van der Waals surface area contributed by atoms with Crippen LogP contribution in [0.3, 0.4) is 0 Å². The summed E-state index contributed by atoms with van der Waals surface area (Å²) in [6, 6.07) is 3.27. The number of alkyl halides is 3. The molecule has 2 aliphatic heterocycles. The molecule has 0 amide bonds. The molecule has 0 unspecified atom stereocenters. The van der Waals surface area contributed by atoms with Crippen LogP contribution in [0.15, 0.2) is 22.9 Å². The molecule has 1 fully saturated rings. The van der Waals surface area contributed by atoms with Gasteiger partial charge in [0.05, 0.1) is 23.7 Å². The number of anilines is 1. The van der Waals surface area contributed by atoms with Gasteiger partial charge < -0.3 is 9.74 Å². The summed E-state index contributed by atoms with van der Waals surface area (Å²) in [6.45, 7) is 0.599. The Labute approximate surface area is 120 Å². The molecule has 0 aromatic carbocycles. The predicted octanol–water partition coefficient (Wildman–Crippen LogP) is 2.00. The minimum Gasteiger partial charge on any atom is -0.349 e. The number of carbonyl (C=O) groups is 2. The van der Waals surface area contributed by atoms with Crippen LogP contribution in [0.25, 0.3) is 6.08 Å². The van der Waals surface area contributed by atoms with Crippen LogP contribution >= 0.6 is 11.3 Å². The lowest BCUT2D eigenvalue weighted by molar-refractivity contribution is -0.136. The fraction of sp³-hybridized carbons (Fsp3) is 0.250. The molecule has 1 aromatic rings. The van der Waals surface area contributed by atoms with Crippen LogP contribution < -0.4 is 4.90 Å². The van der Waals surface area contributed by atoms with E-state index in [1.807, 2.05) is 0 Å². The monoisotopic (exact) mass is 316 g/mol. The maximum absolute atomic E-state index is 12.7. The maximum Gasteiger partial charge on any atom is 0.437 e. The molecule has 0 saturated carbocycles. The van der Waals surface area contributed by atoms with Crippen LogP contribution in [-0.2, 0) is 14.4 Å². The first-order valence-corrected chi connectivity index (χ1v) is 6.61. The van der Waals surface area contributed by atoms with Crippen molar-refractivity contribution in [2.45, 2.75) is 6.18 Å². The Morgan fingerprint density at radius 1 is 1.29 bits per heavy atom. The zero-order valence-corrected chi connectivity index (χ0v) is 11.1. The molecule has 0 aliphatic carbocycles. The van der Waals surface area contributed by atoms with Crippen LogP contribution in [0.1, 0.15) is 4.88 Å². The second kappa shape index (κ2) is 4.69. The fourth-order valence-corrected chi connectivity index (χ4v) is 2.83. The molecule has 1 saturated heterocycles. The number of thiophene rings is 1. The summed E-state index contributed by atoms with van der Waals surface area (Å²) in [5.74, 6) is -1.02. The Morgan fingerprint density at radius 2 is 2.00 bits per heavy atom. The van der Waals surface area contributed by atoms with E-state index in [9.17, 15) is 22.8 Å². The number of rotatable bonds is 2. The first-order valence-electron chi connectivity index (χ1n) is 5.79. The van der Waals surface area contributed by atoms with Crippen LogP contribution in [0.2, 0.25) is 0 Å². The van der Waals surface area contributed by atoms with Crippen molar-refractivity contribution >= 4 is 39.9 Å². The van der Waals surface area contributed by atoms with Gasteiger partial charge >= 0.3 is 12.1 Å². The first-order chi connectivity index (χ1) is 9.84. The molecule has 3 heterocycles. The van der Waals surface area contributed by atoms with Crippen molar-refractivity contribution in [2.24, 2.45) is 5.16 Å².